The van der Waals surface area contributed by atoms with Crippen molar-refractivity contribution in [1.29, 1.82) is 0 Å². The van der Waals surface area contributed by atoms with Gasteiger partial charge in [-0.1, -0.05) is 25.5 Å². The summed E-state index contributed by atoms with van der Waals surface area (Å²) in [5, 5.41) is 3.64. The Morgan fingerprint density at radius 2 is 2.23 bits per heavy atom. The fourth-order valence-corrected chi connectivity index (χ4v) is 3.82. The van der Waals surface area contributed by atoms with Crippen molar-refractivity contribution in [2.24, 2.45) is 7.05 Å². The van der Waals surface area contributed by atoms with Gasteiger partial charge in [-0.15, -0.1) is 0 Å². The van der Waals surface area contributed by atoms with Crippen LogP contribution in [0, 0.1) is 0 Å². The number of hydrogen-bond acceptors (Lipinski definition) is 3. The lowest BCUT2D eigenvalue weighted by Gasteiger charge is -2.18. The second-order valence-electron chi connectivity index (χ2n) is 6.84. The summed E-state index contributed by atoms with van der Waals surface area (Å²) >= 11 is 0. The third-order valence-electron chi connectivity index (χ3n) is 5.10. The van der Waals surface area contributed by atoms with Crippen LogP contribution in [0.2, 0.25) is 0 Å². The van der Waals surface area contributed by atoms with Gasteiger partial charge in [-0.25, -0.2) is 4.98 Å². The number of para-hydroxylation sites is 1. The fraction of sp³-hybridized carbons (Fsp3) is 0.350. The first-order valence-corrected chi connectivity index (χ1v) is 9.03. The average molecular weight is 350 g/mol. The van der Waals surface area contributed by atoms with Gasteiger partial charge in [0.05, 0.1) is 11.6 Å². The summed E-state index contributed by atoms with van der Waals surface area (Å²) in [6.07, 6.45) is 7.85. The summed E-state index contributed by atoms with van der Waals surface area (Å²) in [5.74, 6) is 0.465. The predicted molar refractivity (Wildman–Crippen MR) is 100 cm³/mol. The van der Waals surface area contributed by atoms with Gasteiger partial charge in [0.25, 0.3) is 5.91 Å². The number of carbonyl (C=O) groups excluding carboxylic acids is 1. The van der Waals surface area contributed by atoms with Gasteiger partial charge in [-0.2, -0.15) is 0 Å². The highest BCUT2D eigenvalue weighted by molar-refractivity contribution is 5.98. The lowest BCUT2D eigenvalue weighted by molar-refractivity contribution is 0.0930. The molecule has 4 rings (SSSR count). The molecule has 0 saturated carbocycles. The van der Waals surface area contributed by atoms with Crippen molar-refractivity contribution < 1.29 is 4.79 Å². The van der Waals surface area contributed by atoms with Gasteiger partial charge in [0.1, 0.15) is 11.4 Å². The van der Waals surface area contributed by atoms with Gasteiger partial charge in [0, 0.05) is 37.6 Å². The van der Waals surface area contributed by atoms with Crippen LogP contribution in [-0.2, 0) is 20.0 Å². The Morgan fingerprint density at radius 3 is 2.96 bits per heavy atom. The zero-order valence-corrected chi connectivity index (χ0v) is 15.0. The molecule has 1 aromatic carbocycles. The van der Waals surface area contributed by atoms with Crippen LogP contribution < -0.4 is 10.7 Å². The first-order valence-electron chi connectivity index (χ1n) is 9.03. The topological polar surface area (TPSA) is 68.9 Å². The van der Waals surface area contributed by atoms with Crippen molar-refractivity contribution in [3.8, 4) is 0 Å². The number of imidazole rings is 1. The fourth-order valence-electron chi connectivity index (χ4n) is 3.82. The Balaban J connectivity index is 1.72. The van der Waals surface area contributed by atoms with E-state index < -0.39 is 0 Å². The van der Waals surface area contributed by atoms with Crippen LogP contribution in [0.3, 0.4) is 0 Å². The van der Waals surface area contributed by atoms with Gasteiger partial charge in [-0.3, -0.25) is 9.59 Å². The Labute approximate surface area is 151 Å². The first kappa shape index (κ1) is 16.6. The number of amides is 1. The highest BCUT2D eigenvalue weighted by Gasteiger charge is 2.23. The molecule has 0 unspecified atom stereocenters. The van der Waals surface area contributed by atoms with E-state index in [0.29, 0.717) is 5.39 Å². The first-order chi connectivity index (χ1) is 12.6. The molecule has 6 nitrogen and oxygen atoms in total. The summed E-state index contributed by atoms with van der Waals surface area (Å²) in [5.41, 5.74) is 2.13. The molecule has 0 aliphatic carbocycles. The number of aromatic nitrogens is 3. The number of pyridine rings is 1. The van der Waals surface area contributed by atoms with Crippen molar-refractivity contribution in [3.05, 3.63) is 64.0 Å². The third-order valence-corrected chi connectivity index (χ3v) is 5.10. The van der Waals surface area contributed by atoms with E-state index in [1.807, 2.05) is 40.6 Å². The molecule has 1 aliphatic rings. The zero-order valence-electron chi connectivity index (χ0n) is 15.0. The molecule has 1 aliphatic heterocycles. The zero-order chi connectivity index (χ0) is 18.3. The number of rotatable bonds is 5. The van der Waals surface area contributed by atoms with Crippen molar-refractivity contribution in [2.45, 2.75) is 38.8 Å². The molecule has 0 fully saturated rings. The molecule has 1 N–H and O–H groups in total. The number of hydrogen-bond donors (Lipinski definition) is 1. The van der Waals surface area contributed by atoms with Crippen LogP contribution in [0.15, 0.2) is 41.6 Å². The second-order valence-corrected chi connectivity index (χ2v) is 6.84. The van der Waals surface area contributed by atoms with E-state index in [9.17, 15) is 9.59 Å². The lowest BCUT2D eigenvalue weighted by Crippen LogP contribution is -2.34. The normalized spacial score (nSPS) is 13.9. The van der Waals surface area contributed by atoms with Gasteiger partial charge in [0.15, 0.2) is 0 Å². The molecular formula is C20H22N4O2. The number of nitrogens with zero attached hydrogens (tertiary/aromatic N) is 3. The maximum absolute atomic E-state index is 12.9. The summed E-state index contributed by atoms with van der Waals surface area (Å²) < 4.78 is 3.93. The summed E-state index contributed by atoms with van der Waals surface area (Å²) in [6, 6.07) is 5.53. The molecule has 1 amide bonds. The Morgan fingerprint density at radius 1 is 1.38 bits per heavy atom. The largest absolute Gasteiger partial charge is 0.346 e. The molecule has 26 heavy (non-hydrogen) atoms. The summed E-state index contributed by atoms with van der Waals surface area (Å²) in [7, 11) is 1.91. The van der Waals surface area contributed by atoms with Crippen LogP contribution in [-0.4, -0.2) is 20.0 Å². The van der Waals surface area contributed by atoms with Crippen LogP contribution in [0.5, 0.6) is 0 Å². The maximum Gasteiger partial charge on any atom is 0.257 e. The Bertz CT molecular complexity index is 1050. The van der Waals surface area contributed by atoms with Crippen molar-refractivity contribution in [3.63, 3.8) is 0 Å². The van der Waals surface area contributed by atoms with Gasteiger partial charge in [-0.05, 0) is 24.5 Å². The molecule has 0 spiro atoms. The van der Waals surface area contributed by atoms with Crippen molar-refractivity contribution in [1.82, 2.24) is 19.4 Å². The summed E-state index contributed by atoms with van der Waals surface area (Å²) in [4.78, 5) is 30.2. The second kappa shape index (κ2) is 6.44. The van der Waals surface area contributed by atoms with Crippen molar-refractivity contribution >= 4 is 16.8 Å². The molecule has 0 radical (unpaired) electrons. The maximum atomic E-state index is 12.9. The molecule has 6 heteroatoms. The molecule has 134 valence electrons. The predicted octanol–water partition coefficient (Wildman–Crippen LogP) is 2.56. The van der Waals surface area contributed by atoms with Crippen LogP contribution in [0.25, 0.3) is 10.9 Å². The summed E-state index contributed by atoms with van der Waals surface area (Å²) in [6.45, 7) is 2.86. The number of aryl methyl sites for hydroxylation is 3. The minimum absolute atomic E-state index is 0.201. The monoisotopic (exact) mass is 350 g/mol. The average Bonchev–Trinajstić information content (AvgIpc) is 3.24. The number of benzene rings is 1. The quantitative estimate of drug-likeness (QED) is 0.769. The molecule has 1 atom stereocenters. The van der Waals surface area contributed by atoms with E-state index >= 15 is 0 Å². The molecule has 3 heterocycles. The number of carbonyl (C=O) groups is 1. The molecule has 0 bridgehead atoms. The van der Waals surface area contributed by atoms with Crippen molar-refractivity contribution in [2.75, 3.05) is 0 Å². The van der Waals surface area contributed by atoms with Crippen LogP contribution >= 0.6 is 0 Å². The molecule has 3 aromatic rings. The van der Waals surface area contributed by atoms with E-state index in [0.717, 1.165) is 37.1 Å². The van der Waals surface area contributed by atoms with Gasteiger partial charge in [0.2, 0.25) is 5.43 Å². The SMILES string of the molecule is CCC[C@H](NC(=O)c1cn2c3c(cccc3c1=O)CC2)c1nccn1C. The standard InChI is InChI=1S/C20H22N4O2/c1-3-5-16(19-21-9-11-23(19)2)22-20(26)15-12-24-10-8-13-6-4-7-14(17(13)24)18(15)25/h4,6-7,9,11-12,16H,3,5,8,10H2,1-2H3,(H,22,26)/t16-/m0/s1. The smallest absolute Gasteiger partial charge is 0.257 e. The highest BCUT2D eigenvalue weighted by atomic mass is 16.2. The Hall–Kier alpha value is -2.89. The van der Waals surface area contributed by atoms with Crippen LogP contribution in [0.1, 0.15) is 47.6 Å². The molecular weight excluding hydrogens is 328 g/mol. The van der Waals surface area contributed by atoms with E-state index in [4.69, 9.17) is 0 Å². The van der Waals surface area contributed by atoms with Gasteiger partial charge >= 0.3 is 0 Å². The Kier molecular flexibility index (Phi) is 4.11. The third kappa shape index (κ3) is 2.62. The van der Waals surface area contributed by atoms with Crippen LogP contribution in [0.4, 0.5) is 0 Å². The molecule has 0 saturated heterocycles. The highest BCUT2D eigenvalue weighted by Crippen LogP contribution is 2.24. The van der Waals surface area contributed by atoms with E-state index in [2.05, 4.69) is 17.2 Å². The molecule has 2 aromatic heterocycles. The minimum Gasteiger partial charge on any atom is -0.346 e. The lowest BCUT2D eigenvalue weighted by atomic mass is 10.1. The minimum atomic E-state index is -0.334. The van der Waals surface area contributed by atoms with Gasteiger partial charge < -0.3 is 14.5 Å². The number of nitrogens with one attached hydrogen (secondary N) is 1. The van der Waals surface area contributed by atoms with E-state index in [1.165, 1.54) is 5.56 Å². The van der Waals surface area contributed by atoms with E-state index in [1.54, 1.807) is 12.4 Å². The van der Waals surface area contributed by atoms with E-state index in [-0.39, 0.29) is 22.9 Å².